The quantitative estimate of drug-likeness (QED) is 0.699. The van der Waals surface area contributed by atoms with Crippen molar-refractivity contribution in [2.45, 2.75) is 0 Å². The molecule has 0 spiro atoms. The average molecular weight is 333 g/mol. The van der Waals surface area contributed by atoms with E-state index >= 15 is 0 Å². The summed E-state index contributed by atoms with van der Waals surface area (Å²) in [5.74, 6) is 1.01. The zero-order chi connectivity index (χ0) is 17.6. The molecular formula is C21H19NO3. The number of benzene rings is 3. The molecule has 25 heavy (non-hydrogen) atoms. The van der Waals surface area contributed by atoms with Gasteiger partial charge in [0, 0.05) is 17.3 Å². The highest BCUT2D eigenvalue weighted by atomic mass is 16.5. The Labute approximate surface area is 146 Å². The summed E-state index contributed by atoms with van der Waals surface area (Å²) in [6.07, 6.45) is 3.18. The minimum atomic E-state index is -0.208. The van der Waals surface area contributed by atoms with Crippen LogP contribution in [-0.4, -0.2) is 20.1 Å². The summed E-state index contributed by atoms with van der Waals surface area (Å²) in [5, 5.41) is 5.09. The van der Waals surface area contributed by atoms with Gasteiger partial charge in [-0.3, -0.25) is 4.79 Å². The molecule has 3 aromatic rings. The average Bonchev–Trinajstić information content (AvgIpc) is 2.65. The topological polar surface area (TPSA) is 47.6 Å². The van der Waals surface area contributed by atoms with Crippen LogP contribution in [0.25, 0.3) is 16.8 Å². The van der Waals surface area contributed by atoms with Crippen LogP contribution in [0.3, 0.4) is 0 Å². The summed E-state index contributed by atoms with van der Waals surface area (Å²) >= 11 is 0. The van der Waals surface area contributed by atoms with E-state index in [0.29, 0.717) is 11.5 Å². The molecular weight excluding hydrogens is 314 g/mol. The van der Waals surface area contributed by atoms with Gasteiger partial charge in [-0.05, 0) is 35.0 Å². The number of fused-ring (bicyclic) bond motifs is 1. The number of rotatable bonds is 5. The van der Waals surface area contributed by atoms with E-state index in [-0.39, 0.29) is 5.91 Å². The number of hydrogen-bond acceptors (Lipinski definition) is 3. The Morgan fingerprint density at radius 3 is 2.48 bits per heavy atom. The molecule has 0 atom stereocenters. The lowest BCUT2D eigenvalue weighted by molar-refractivity contribution is -0.111. The zero-order valence-electron chi connectivity index (χ0n) is 14.2. The van der Waals surface area contributed by atoms with Gasteiger partial charge in [-0.15, -0.1) is 0 Å². The number of hydrogen-bond donors (Lipinski definition) is 1. The monoisotopic (exact) mass is 333 g/mol. The molecule has 3 rings (SSSR count). The Morgan fingerprint density at radius 1 is 0.920 bits per heavy atom. The van der Waals surface area contributed by atoms with E-state index in [9.17, 15) is 4.79 Å². The van der Waals surface area contributed by atoms with Crippen molar-refractivity contribution >= 4 is 28.4 Å². The van der Waals surface area contributed by atoms with Gasteiger partial charge in [0.1, 0.15) is 0 Å². The first-order chi connectivity index (χ1) is 12.2. The normalized spacial score (nSPS) is 10.8. The summed E-state index contributed by atoms with van der Waals surface area (Å²) < 4.78 is 10.6. The lowest BCUT2D eigenvalue weighted by Gasteiger charge is -2.09. The lowest BCUT2D eigenvalue weighted by atomic mass is 10.1. The van der Waals surface area contributed by atoms with Crippen LogP contribution in [-0.2, 0) is 4.79 Å². The fraction of sp³-hybridized carbons (Fsp3) is 0.0952. The molecule has 0 bridgehead atoms. The number of anilines is 1. The maximum atomic E-state index is 12.2. The molecule has 0 unspecified atom stereocenters. The van der Waals surface area contributed by atoms with Gasteiger partial charge in [0.05, 0.1) is 14.2 Å². The highest BCUT2D eigenvalue weighted by Crippen LogP contribution is 2.31. The first-order valence-corrected chi connectivity index (χ1v) is 7.90. The van der Waals surface area contributed by atoms with E-state index in [0.717, 1.165) is 22.0 Å². The Morgan fingerprint density at radius 2 is 1.72 bits per heavy atom. The Balaban J connectivity index is 1.76. The van der Waals surface area contributed by atoms with Crippen molar-refractivity contribution in [3.8, 4) is 11.5 Å². The molecule has 0 saturated carbocycles. The third-order valence-corrected chi connectivity index (χ3v) is 3.86. The molecule has 0 aliphatic carbocycles. The number of carbonyl (C=O) groups excluding carboxylic acids is 1. The molecule has 3 aromatic carbocycles. The van der Waals surface area contributed by atoms with E-state index in [1.807, 2.05) is 60.7 Å². The number of para-hydroxylation sites is 1. The van der Waals surface area contributed by atoms with Crippen LogP contribution in [0.5, 0.6) is 11.5 Å². The van der Waals surface area contributed by atoms with Crippen molar-refractivity contribution in [2.75, 3.05) is 19.5 Å². The van der Waals surface area contributed by atoms with Crippen LogP contribution in [0.2, 0.25) is 0 Å². The third-order valence-electron chi connectivity index (χ3n) is 3.86. The van der Waals surface area contributed by atoms with Gasteiger partial charge in [-0.25, -0.2) is 0 Å². The molecule has 0 heterocycles. The molecule has 0 saturated heterocycles. The zero-order valence-corrected chi connectivity index (χ0v) is 14.2. The molecule has 4 nitrogen and oxygen atoms in total. The summed E-state index contributed by atoms with van der Waals surface area (Å²) in [4.78, 5) is 12.2. The lowest BCUT2D eigenvalue weighted by Crippen LogP contribution is -2.07. The molecule has 0 aliphatic heterocycles. The van der Waals surface area contributed by atoms with Crippen molar-refractivity contribution in [3.63, 3.8) is 0 Å². The van der Waals surface area contributed by atoms with Crippen LogP contribution in [0.1, 0.15) is 5.56 Å². The van der Waals surface area contributed by atoms with E-state index in [1.165, 1.54) is 6.08 Å². The maximum Gasteiger partial charge on any atom is 0.248 e. The number of amides is 1. The second-order valence-corrected chi connectivity index (χ2v) is 5.47. The SMILES string of the molecule is COc1cccc(/C=C/C(=O)Nc2ccc3ccccc3c2)c1OC. The predicted octanol–water partition coefficient (Wildman–Crippen LogP) is 4.51. The van der Waals surface area contributed by atoms with E-state index < -0.39 is 0 Å². The highest BCUT2D eigenvalue weighted by Gasteiger charge is 2.07. The van der Waals surface area contributed by atoms with E-state index in [1.54, 1.807) is 20.3 Å². The van der Waals surface area contributed by atoms with Crippen LogP contribution in [0.4, 0.5) is 5.69 Å². The molecule has 126 valence electrons. The second kappa shape index (κ2) is 7.53. The van der Waals surface area contributed by atoms with Gasteiger partial charge >= 0.3 is 0 Å². The Kier molecular flexibility index (Phi) is 5.00. The summed E-state index contributed by atoms with van der Waals surface area (Å²) in [6, 6.07) is 19.4. The third kappa shape index (κ3) is 3.80. The van der Waals surface area contributed by atoms with E-state index in [2.05, 4.69) is 5.32 Å². The Hall–Kier alpha value is -3.27. The van der Waals surface area contributed by atoms with Gasteiger partial charge in [0.15, 0.2) is 11.5 Å². The molecule has 1 N–H and O–H groups in total. The standard InChI is InChI=1S/C21H19NO3/c1-24-19-9-5-8-16(21(19)25-2)11-13-20(23)22-18-12-10-15-6-3-4-7-17(15)14-18/h3-14H,1-2H3,(H,22,23)/b13-11+. The first kappa shape index (κ1) is 16.6. The molecule has 4 heteroatoms. The first-order valence-electron chi connectivity index (χ1n) is 7.90. The molecule has 0 radical (unpaired) electrons. The van der Waals surface area contributed by atoms with Gasteiger partial charge in [0.25, 0.3) is 0 Å². The highest BCUT2D eigenvalue weighted by molar-refractivity contribution is 6.03. The van der Waals surface area contributed by atoms with Crippen LogP contribution in [0, 0.1) is 0 Å². The summed E-state index contributed by atoms with van der Waals surface area (Å²) in [7, 11) is 3.15. The summed E-state index contributed by atoms with van der Waals surface area (Å²) in [5.41, 5.74) is 1.53. The van der Waals surface area contributed by atoms with Crippen molar-refractivity contribution < 1.29 is 14.3 Å². The fourth-order valence-electron chi connectivity index (χ4n) is 2.66. The van der Waals surface area contributed by atoms with Crippen molar-refractivity contribution in [3.05, 3.63) is 72.3 Å². The van der Waals surface area contributed by atoms with Crippen LogP contribution < -0.4 is 14.8 Å². The molecule has 0 fully saturated rings. The number of carbonyl (C=O) groups is 1. The van der Waals surface area contributed by atoms with Gasteiger partial charge < -0.3 is 14.8 Å². The number of methoxy groups -OCH3 is 2. The predicted molar refractivity (Wildman–Crippen MR) is 101 cm³/mol. The van der Waals surface area contributed by atoms with Crippen LogP contribution in [0.15, 0.2) is 66.7 Å². The molecule has 0 aliphatic rings. The van der Waals surface area contributed by atoms with Crippen molar-refractivity contribution in [2.24, 2.45) is 0 Å². The second-order valence-electron chi connectivity index (χ2n) is 5.47. The number of ether oxygens (including phenoxy) is 2. The van der Waals surface area contributed by atoms with Gasteiger partial charge in [-0.1, -0.05) is 42.5 Å². The Bertz CT molecular complexity index is 931. The maximum absolute atomic E-state index is 12.2. The number of nitrogens with one attached hydrogen (secondary N) is 1. The van der Waals surface area contributed by atoms with Gasteiger partial charge in [-0.2, -0.15) is 0 Å². The van der Waals surface area contributed by atoms with Crippen molar-refractivity contribution in [1.29, 1.82) is 0 Å². The van der Waals surface area contributed by atoms with Crippen LogP contribution >= 0.6 is 0 Å². The molecule has 0 aromatic heterocycles. The largest absolute Gasteiger partial charge is 0.493 e. The fourth-order valence-corrected chi connectivity index (χ4v) is 2.66. The minimum absolute atomic E-state index is 0.208. The summed E-state index contributed by atoms with van der Waals surface area (Å²) in [6.45, 7) is 0. The van der Waals surface area contributed by atoms with Crippen molar-refractivity contribution in [1.82, 2.24) is 0 Å². The molecule has 1 amide bonds. The smallest absolute Gasteiger partial charge is 0.248 e. The van der Waals surface area contributed by atoms with Gasteiger partial charge in [0.2, 0.25) is 5.91 Å². The minimum Gasteiger partial charge on any atom is -0.493 e. The van der Waals surface area contributed by atoms with E-state index in [4.69, 9.17) is 9.47 Å².